The summed E-state index contributed by atoms with van der Waals surface area (Å²) in [5, 5.41) is 11.3. The van der Waals surface area contributed by atoms with Crippen molar-refractivity contribution in [3.63, 3.8) is 0 Å². The van der Waals surface area contributed by atoms with Crippen molar-refractivity contribution in [3.8, 4) is 11.5 Å². The number of hydrogen-bond acceptors (Lipinski definition) is 5. The summed E-state index contributed by atoms with van der Waals surface area (Å²) in [6.45, 7) is 2.46. The highest BCUT2D eigenvalue weighted by Gasteiger charge is 2.22. The molecule has 2 atom stereocenters. The molecule has 0 aliphatic carbocycles. The van der Waals surface area contributed by atoms with Crippen LogP contribution in [-0.2, 0) is 16.0 Å². The van der Waals surface area contributed by atoms with Crippen LogP contribution in [0.3, 0.4) is 0 Å². The highest BCUT2D eigenvalue weighted by Crippen LogP contribution is 2.31. The van der Waals surface area contributed by atoms with Crippen LogP contribution < -0.4 is 14.8 Å². The lowest BCUT2D eigenvalue weighted by Crippen LogP contribution is -2.42. The predicted molar refractivity (Wildman–Crippen MR) is 83.7 cm³/mol. The van der Waals surface area contributed by atoms with Gasteiger partial charge in [0.2, 0.25) is 5.91 Å². The first-order chi connectivity index (χ1) is 10.5. The van der Waals surface area contributed by atoms with E-state index in [1.165, 1.54) is 6.92 Å². The molecule has 1 heterocycles. The normalized spacial score (nSPS) is 15.7. The lowest BCUT2D eigenvalue weighted by Gasteiger charge is -2.20. The predicted octanol–water partition coefficient (Wildman–Crippen LogP) is 1.14. The van der Waals surface area contributed by atoms with Crippen molar-refractivity contribution in [3.05, 3.63) is 23.8 Å². The maximum atomic E-state index is 12.1. The Bertz CT molecular complexity index is 563. The molecule has 1 unspecified atom stereocenters. The van der Waals surface area contributed by atoms with E-state index in [1.807, 2.05) is 18.2 Å². The van der Waals surface area contributed by atoms with Gasteiger partial charge in [0.25, 0.3) is 0 Å². The average Bonchev–Trinajstić information content (AvgIpc) is 2.52. The van der Waals surface area contributed by atoms with Crippen molar-refractivity contribution in [1.29, 1.82) is 0 Å². The molecule has 0 spiro atoms. The summed E-state index contributed by atoms with van der Waals surface area (Å²) >= 11 is 4.19. The van der Waals surface area contributed by atoms with Gasteiger partial charge in [-0.15, -0.1) is 0 Å². The third kappa shape index (κ3) is 4.07. The van der Waals surface area contributed by atoms with Gasteiger partial charge in [-0.1, -0.05) is 6.07 Å². The third-order valence-electron chi connectivity index (χ3n) is 3.41. The van der Waals surface area contributed by atoms with Gasteiger partial charge < -0.3 is 19.9 Å². The number of aliphatic carboxylic acids is 1. The molecule has 1 aromatic rings. The molecule has 0 aromatic heterocycles. The van der Waals surface area contributed by atoms with Crippen molar-refractivity contribution in [2.75, 3.05) is 19.0 Å². The summed E-state index contributed by atoms with van der Waals surface area (Å²) in [5.74, 6) is -0.104. The second kappa shape index (κ2) is 7.40. The molecular weight excluding hydrogens is 306 g/mol. The molecule has 2 N–H and O–H groups in total. The Hall–Kier alpha value is -1.89. The van der Waals surface area contributed by atoms with E-state index >= 15 is 0 Å². The Morgan fingerprint density at radius 1 is 1.32 bits per heavy atom. The number of amides is 1. The minimum Gasteiger partial charge on any atom is -0.486 e. The number of nitrogens with one attached hydrogen (secondary N) is 1. The van der Waals surface area contributed by atoms with Gasteiger partial charge in [0, 0.05) is 5.75 Å². The Balaban J connectivity index is 2.03. The Labute approximate surface area is 134 Å². The lowest BCUT2D eigenvalue weighted by atomic mass is 9.99. The first kappa shape index (κ1) is 16.5. The quantitative estimate of drug-likeness (QED) is 0.683. The van der Waals surface area contributed by atoms with Crippen molar-refractivity contribution >= 4 is 24.5 Å². The van der Waals surface area contributed by atoms with Gasteiger partial charge in [-0.2, -0.15) is 12.6 Å². The molecule has 0 fully saturated rings. The fraction of sp³-hybridized carbons (Fsp3) is 0.467. The number of fused-ring (bicyclic) bond motifs is 1. The highest BCUT2D eigenvalue weighted by atomic mass is 32.1. The van der Waals surface area contributed by atoms with Gasteiger partial charge in [0.15, 0.2) is 11.5 Å². The van der Waals surface area contributed by atoms with E-state index < -0.39 is 17.9 Å². The van der Waals surface area contributed by atoms with Crippen LogP contribution in [0.15, 0.2) is 18.2 Å². The van der Waals surface area contributed by atoms with Crippen LogP contribution in [0.2, 0.25) is 0 Å². The second-order valence-electron chi connectivity index (χ2n) is 5.13. The molecule has 6 nitrogen and oxygen atoms in total. The summed E-state index contributed by atoms with van der Waals surface area (Å²) in [6, 6.07) is 4.61. The molecule has 0 bridgehead atoms. The average molecular weight is 325 g/mol. The van der Waals surface area contributed by atoms with E-state index in [9.17, 15) is 9.59 Å². The number of carbonyl (C=O) groups excluding carboxylic acids is 1. The summed E-state index contributed by atoms with van der Waals surface area (Å²) in [6.07, 6.45) is 0.457. The lowest BCUT2D eigenvalue weighted by molar-refractivity contribution is -0.141. The zero-order valence-electron chi connectivity index (χ0n) is 12.2. The molecule has 2 rings (SSSR count). The van der Waals surface area contributed by atoms with Gasteiger partial charge in [-0.05, 0) is 31.0 Å². The molecular formula is C15H19NO5S. The molecule has 0 radical (unpaired) electrons. The fourth-order valence-corrected chi connectivity index (χ4v) is 2.43. The van der Waals surface area contributed by atoms with Crippen molar-refractivity contribution in [2.45, 2.75) is 19.4 Å². The van der Waals surface area contributed by atoms with E-state index in [1.54, 1.807) is 0 Å². The van der Waals surface area contributed by atoms with Crippen LogP contribution >= 0.6 is 12.6 Å². The zero-order chi connectivity index (χ0) is 16.1. The fourth-order valence-electron chi connectivity index (χ4n) is 2.13. The first-order valence-corrected chi connectivity index (χ1v) is 7.67. The van der Waals surface area contributed by atoms with Gasteiger partial charge in [0.05, 0.1) is 5.92 Å². The highest BCUT2D eigenvalue weighted by molar-refractivity contribution is 7.80. The van der Waals surface area contributed by atoms with Crippen molar-refractivity contribution in [1.82, 2.24) is 5.32 Å². The van der Waals surface area contributed by atoms with E-state index in [2.05, 4.69) is 17.9 Å². The van der Waals surface area contributed by atoms with Crippen molar-refractivity contribution in [2.24, 2.45) is 5.92 Å². The Morgan fingerprint density at radius 2 is 2.00 bits per heavy atom. The second-order valence-corrected chi connectivity index (χ2v) is 5.50. The van der Waals surface area contributed by atoms with Gasteiger partial charge >= 0.3 is 5.97 Å². The minimum absolute atomic E-state index is 0.320. The van der Waals surface area contributed by atoms with Crippen LogP contribution in [0.4, 0.5) is 0 Å². The van der Waals surface area contributed by atoms with Crippen LogP contribution in [0.5, 0.6) is 11.5 Å². The summed E-state index contributed by atoms with van der Waals surface area (Å²) in [7, 11) is 0. The number of carboxylic acid groups (broad SMARTS) is 1. The summed E-state index contributed by atoms with van der Waals surface area (Å²) < 4.78 is 11.0. The molecule has 1 aliphatic rings. The third-order valence-corrected chi connectivity index (χ3v) is 3.85. The van der Waals surface area contributed by atoms with Crippen molar-refractivity contribution < 1.29 is 24.2 Å². The molecule has 0 saturated carbocycles. The summed E-state index contributed by atoms with van der Waals surface area (Å²) in [5.41, 5.74) is 0.918. The van der Waals surface area contributed by atoms with E-state index in [-0.39, 0.29) is 5.91 Å². The number of carboxylic acids is 1. The molecule has 1 aromatic carbocycles. The Kier molecular flexibility index (Phi) is 5.54. The van der Waals surface area contributed by atoms with Crippen LogP contribution in [-0.4, -0.2) is 42.0 Å². The van der Waals surface area contributed by atoms with E-state index in [0.29, 0.717) is 36.9 Å². The molecule has 22 heavy (non-hydrogen) atoms. The minimum atomic E-state index is -1.06. The maximum absolute atomic E-state index is 12.1. The van der Waals surface area contributed by atoms with Gasteiger partial charge in [0.1, 0.15) is 19.3 Å². The number of benzene rings is 1. The smallest absolute Gasteiger partial charge is 0.325 e. The number of carbonyl (C=O) groups is 2. The SMILES string of the molecule is C[C@H](NC(=O)C(CS)Cc1ccc2c(c1)OCCO2)C(=O)O. The molecule has 1 amide bonds. The van der Waals surface area contributed by atoms with Crippen LogP contribution in [0.25, 0.3) is 0 Å². The monoisotopic (exact) mass is 325 g/mol. The van der Waals surface area contributed by atoms with Crippen LogP contribution in [0, 0.1) is 5.92 Å². The molecule has 0 saturated heterocycles. The molecule has 120 valence electrons. The van der Waals surface area contributed by atoms with E-state index in [0.717, 1.165) is 5.56 Å². The zero-order valence-corrected chi connectivity index (χ0v) is 13.1. The molecule has 7 heteroatoms. The topological polar surface area (TPSA) is 84.9 Å². The standard InChI is InChI=1S/C15H19NO5S/c1-9(15(18)19)16-14(17)11(8-22)6-10-2-3-12-13(7-10)21-5-4-20-12/h2-3,7,9,11,22H,4-6,8H2,1H3,(H,16,17)(H,18,19)/t9-,11?/m0/s1. The largest absolute Gasteiger partial charge is 0.486 e. The van der Waals surface area contributed by atoms with Gasteiger partial charge in [-0.3, -0.25) is 9.59 Å². The number of rotatable bonds is 6. The first-order valence-electron chi connectivity index (χ1n) is 7.04. The summed E-state index contributed by atoms with van der Waals surface area (Å²) in [4.78, 5) is 22.9. The number of ether oxygens (including phenoxy) is 2. The number of hydrogen-bond donors (Lipinski definition) is 3. The number of thiol groups is 1. The van der Waals surface area contributed by atoms with Gasteiger partial charge in [-0.25, -0.2) is 0 Å². The van der Waals surface area contributed by atoms with E-state index in [4.69, 9.17) is 14.6 Å². The Morgan fingerprint density at radius 3 is 2.64 bits per heavy atom. The maximum Gasteiger partial charge on any atom is 0.325 e. The molecule has 1 aliphatic heterocycles. The van der Waals surface area contributed by atoms with Crippen LogP contribution in [0.1, 0.15) is 12.5 Å².